The smallest absolute Gasteiger partial charge is 0.275 e. The fraction of sp³-hybridized carbons (Fsp3) is 0.467. The molecule has 1 aromatic rings. The van der Waals surface area contributed by atoms with Crippen molar-refractivity contribution in [2.75, 3.05) is 20.1 Å². The highest BCUT2D eigenvalue weighted by molar-refractivity contribution is 5.78. The number of amides is 2. The van der Waals surface area contributed by atoms with E-state index in [0.29, 0.717) is 0 Å². The van der Waals surface area contributed by atoms with Crippen molar-refractivity contribution in [3.05, 3.63) is 35.4 Å². The van der Waals surface area contributed by atoms with Crippen LogP contribution in [0.3, 0.4) is 0 Å². The van der Waals surface area contributed by atoms with Gasteiger partial charge in [-0.25, -0.2) is 0 Å². The maximum atomic E-state index is 11.7. The molecule has 0 heterocycles. The molecule has 5 nitrogen and oxygen atoms in total. The Kier molecular flexibility index (Phi) is 6.73. The Hall–Kier alpha value is -1.88. The average Bonchev–Trinajstić information content (AvgIpc) is 2.47. The Labute approximate surface area is 120 Å². The molecular formula is C15H24N3O2+. The molecule has 20 heavy (non-hydrogen) atoms. The predicted octanol–water partition coefficient (Wildman–Crippen LogP) is -0.264. The Bertz CT molecular complexity index is 443. The monoisotopic (exact) mass is 278 g/mol. The minimum atomic E-state index is -0.0824. The second kappa shape index (κ2) is 8.32. The fourth-order valence-electron chi connectivity index (χ4n) is 1.86. The molecule has 1 aromatic carbocycles. The summed E-state index contributed by atoms with van der Waals surface area (Å²) in [5, 5.41) is 7.12. The van der Waals surface area contributed by atoms with Crippen LogP contribution in [0.4, 0.5) is 0 Å². The van der Waals surface area contributed by atoms with Crippen LogP contribution >= 0.6 is 0 Å². The average molecular weight is 278 g/mol. The van der Waals surface area contributed by atoms with Crippen LogP contribution < -0.4 is 16.0 Å². The van der Waals surface area contributed by atoms with Crippen molar-refractivity contribution in [3.8, 4) is 0 Å². The number of benzene rings is 1. The first-order valence-electron chi connectivity index (χ1n) is 6.97. The first kappa shape index (κ1) is 16.2. The minimum Gasteiger partial charge on any atom is -0.354 e. The zero-order valence-corrected chi connectivity index (χ0v) is 12.4. The van der Waals surface area contributed by atoms with Crippen molar-refractivity contribution < 1.29 is 14.9 Å². The molecule has 4 N–H and O–H groups in total. The Morgan fingerprint density at radius 3 is 2.30 bits per heavy atom. The number of nitrogens with two attached hydrogens (primary N) is 1. The number of quaternary nitrogens is 1. The molecule has 0 aromatic heterocycles. The van der Waals surface area contributed by atoms with Crippen LogP contribution in [0.25, 0.3) is 0 Å². The molecular weight excluding hydrogens is 254 g/mol. The molecule has 0 bridgehead atoms. The molecule has 1 rings (SSSR count). The number of nitrogens with one attached hydrogen (secondary N) is 2. The highest BCUT2D eigenvalue weighted by Crippen LogP contribution is 2.13. The number of carbonyl (C=O) groups excluding carboxylic acids is 2. The lowest BCUT2D eigenvalue weighted by atomic mass is 10.1. The highest BCUT2D eigenvalue weighted by Gasteiger charge is 2.11. The SMILES string of the molecule is CCc1ccc([C@H](C)NC(=O)C[NH2+]CC(=O)NC)cc1. The van der Waals surface area contributed by atoms with E-state index < -0.39 is 0 Å². The number of likely N-dealkylation sites (N-methyl/N-ethyl adjacent to an activating group) is 1. The molecule has 5 heteroatoms. The molecule has 0 aliphatic rings. The van der Waals surface area contributed by atoms with Gasteiger partial charge in [-0.3, -0.25) is 9.59 Å². The van der Waals surface area contributed by atoms with E-state index in [9.17, 15) is 9.59 Å². The van der Waals surface area contributed by atoms with Gasteiger partial charge >= 0.3 is 0 Å². The van der Waals surface area contributed by atoms with Crippen LogP contribution in [-0.4, -0.2) is 32.0 Å². The van der Waals surface area contributed by atoms with Crippen LogP contribution in [-0.2, 0) is 16.0 Å². The second-order valence-corrected chi connectivity index (χ2v) is 4.75. The van der Waals surface area contributed by atoms with Gasteiger partial charge in [0, 0.05) is 7.05 Å². The minimum absolute atomic E-state index is 0.0261. The molecule has 0 spiro atoms. The molecule has 110 valence electrons. The number of hydrogen-bond donors (Lipinski definition) is 3. The third kappa shape index (κ3) is 5.40. The summed E-state index contributed by atoms with van der Waals surface area (Å²) < 4.78 is 0. The lowest BCUT2D eigenvalue weighted by Crippen LogP contribution is -2.88. The van der Waals surface area contributed by atoms with E-state index in [1.54, 1.807) is 12.4 Å². The van der Waals surface area contributed by atoms with Crippen molar-refractivity contribution in [2.24, 2.45) is 0 Å². The third-order valence-electron chi connectivity index (χ3n) is 3.20. The first-order chi connectivity index (χ1) is 9.56. The molecule has 0 saturated carbocycles. The zero-order valence-electron chi connectivity index (χ0n) is 12.4. The topological polar surface area (TPSA) is 74.8 Å². The number of carbonyl (C=O) groups is 2. The molecule has 2 amide bonds. The molecule has 0 aliphatic carbocycles. The van der Waals surface area contributed by atoms with Crippen molar-refractivity contribution >= 4 is 11.8 Å². The molecule has 0 aliphatic heterocycles. The first-order valence-corrected chi connectivity index (χ1v) is 6.97. The Morgan fingerprint density at radius 2 is 1.75 bits per heavy atom. The van der Waals surface area contributed by atoms with Crippen LogP contribution in [0.15, 0.2) is 24.3 Å². The zero-order chi connectivity index (χ0) is 15.0. The summed E-state index contributed by atoms with van der Waals surface area (Å²) >= 11 is 0. The Balaban J connectivity index is 2.38. The lowest BCUT2D eigenvalue weighted by Gasteiger charge is -2.14. The summed E-state index contributed by atoms with van der Waals surface area (Å²) in [5.41, 5.74) is 2.37. The summed E-state index contributed by atoms with van der Waals surface area (Å²) in [5.74, 6) is -0.151. The van der Waals surface area contributed by atoms with Gasteiger partial charge < -0.3 is 16.0 Å². The largest absolute Gasteiger partial charge is 0.354 e. The molecule has 0 radical (unpaired) electrons. The molecule has 0 saturated heterocycles. The summed E-state index contributed by atoms with van der Waals surface area (Å²) in [4.78, 5) is 22.8. The quantitative estimate of drug-likeness (QED) is 0.642. The lowest BCUT2D eigenvalue weighted by molar-refractivity contribution is -0.633. The van der Waals surface area contributed by atoms with E-state index in [1.165, 1.54) is 5.56 Å². The number of aryl methyl sites for hydroxylation is 1. The van der Waals surface area contributed by atoms with Crippen LogP contribution in [0, 0.1) is 0 Å². The van der Waals surface area contributed by atoms with Crippen LogP contribution in [0.1, 0.15) is 31.0 Å². The summed E-state index contributed by atoms with van der Waals surface area (Å²) in [6, 6.07) is 8.21. The highest BCUT2D eigenvalue weighted by atomic mass is 16.2. The maximum Gasteiger partial charge on any atom is 0.275 e. The summed E-state index contributed by atoms with van der Waals surface area (Å²) in [6.07, 6.45) is 1.01. The van der Waals surface area contributed by atoms with Gasteiger partial charge in [-0.1, -0.05) is 31.2 Å². The summed E-state index contributed by atoms with van der Waals surface area (Å²) in [6.45, 7) is 4.59. The fourth-order valence-corrected chi connectivity index (χ4v) is 1.86. The third-order valence-corrected chi connectivity index (χ3v) is 3.20. The van der Waals surface area contributed by atoms with Crippen molar-refractivity contribution in [1.29, 1.82) is 0 Å². The molecule has 0 unspecified atom stereocenters. The Morgan fingerprint density at radius 1 is 1.15 bits per heavy atom. The van der Waals surface area contributed by atoms with Gasteiger partial charge in [0.1, 0.15) is 0 Å². The maximum absolute atomic E-state index is 11.7. The van der Waals surface area contributed by atoms with Crippen molar-refractivity contribution in [2.45, 2.75) is 26.3 Å². The number of rotatable bonds is 7. The van der Waals surface area contributed by atoms with E-state index >= 15 is 0 Å². The normalized spacial score (nSPS) is 11.8. The molecule has 1 atom stereocenters. The predicted molar refractivity (Wildman–Crippen MR) is 78.1 cm³/mol. The van der Waals surface area contributed by atoms with Gasteiger partial charge in [0.2, 0.25) is 0 Å². The number of hydrogen-bond acceptors (Lipinski definition) is 2. The van der Waals surface area contributed by atoms with Crippen LogP contribution in [0.2, 0.25) is 0 Å². The van der Waals surface area contributed by atoms with Gasteiger partial charge in [0.05, 0.1) is 6.04 Å². The van der Waals surface area contributed by atoms with E-state index in [4.69, 9.17) is 0 Å². The molecule has 0 fully saturated rings. The second-order valence-electron chi connectivity index (χ2n) is 4.75. The van der Waals surface area contributed by atoms with Gasteiger partial charge in [0.25, 0.3) is 11.8 Å². The van der Waals surface area contributed by atoms with Crippen LogP contribution in [0.5, 0.6) is 0 Å². The van der Waals surface area contributed by atoms with Gasteiger partial charge in [-0.15, -0.1) is 0 Å². The standard InChI is InChI=1S/C15H23N3O2/c1-4-12-5-7-13(8-6-12)11(2)18-15(20)10-17-9-14(19)16-3/h5-8,11,17H,4,9-10H2,1-3H3,(H,16,19)(H,18,20)/p+1/t11-/m0/s1. The summed E-state index contributed by atoms with van der Waals surface area (Å²) in [7, 11) is 1.58. The van der Waals surface area contributed by atoms with E-state index in [-0.39, 0.29) is 30.9 Å². The van der Waals surface area contributed by atoms with E-state index in [0.717, 1.165) is 12.0 Å². The van der Waals surface area contributed by atoms with Gasteiger partial charge in [-0.2, -0.15) is 0 Å². The van der Waals surface area contributed by atoms with Gasteiger partial charge in [-0.05, 0) is 24.5 Å². The van der Waals surface area contributed by atoms with E-state index in [2.05, 4.69) is 29.7 Å². The van der Waals surface area contributed by atoms with Gasteiger partial charge in [0.15, 0.2) is 13.1 Å². The van der Waals surface area contributed by atoms with E-state index in [1.807, 2.05) is 19.1 Å². The van der Waals surface area contributed by atoms with Crippen molar-refractivity contribution in [1.82, 2.24) is 10.6 Å². The van der Waals surface area contributed by atoms with Crippen molar-refractivity contribution in [3.63, 3.8) is 0 Å².